The lowest BCUT2D eigenvalue weighted by molar-refractivity contribution is 0.415. The van der Waals surface area contributed by atoms with Gasteiger partial charge in [0.1, 0.15) is 5.75 Å². The van der Waals surface area contributed by atoms with Gasteiger partial charge in [-0.3, -0.25) is 0 Å². The number of nitrogens with zero attached hydrogens (tertiary/aromatic N) is 1. The Bertz CT molecular complexity index is 620. The second-order valence-corrected chi connectivity index (χ2v) is 4.35. The van der Waals surface area contributed by atoms with Gasteiger partial charge < -0.3 is 4.74 Å². The van der Waals surface area contributed by atoms with Crippen LogP contribution in [0.3, 0.4) is 0 Å². The number of nitriles is 1. The van der Waals surface area contributed by atoms with Crippen LogP contribution in [-0.4, -0.2) is 0 Å². The Labute approximate surface area is 111 Å². The first-order valence-electron chi connectivity index (χ1n) is 4.92. The molecule has 90 valence electrons. The third-order valence-electron chi connectivity index (χ3n) is 2.17. The molecule has 0 unspecified atom stereocenters. The summed E-state index contributed by atoms with van der Waals surface area (Å²) in [6, 6.07) is 10.4. The fourth-order valence-electron chi connectivity index (χ4n) is 1.33. The molecule has 2 rings (SSSR count). The van der Waals surface area contributed by atoms with E-state index < -0.39 is 11.6 Å². The normalized spacial score (nSPS) is 9.89. The summed E-state index contributed by atoms with van der Waals surface area (Å²) in [5.41, 5.74) is 0.461. The molecule has 0 bridgehead atoms. The van der Waals surface area contributed by atoms with E-state index >= 15 is 0 Å². The summed E-state index contributed by atoms with van der Waals surface area (Å²) in [7, 11) is 0. The van der Waals surface area contributed by atoms with Crippen molar-refractivity contribution in [1.29, 1.82) is 5.26 Å². The van der Waals surface area contributed by atoms with E-state index in [1.807, 2.05) is 6.07 Å². The Morgan fingerprint density at radius 1 is 1.11 bits per heavy atom. The van der Waals surface area contributed by atoms with Crippen molar-refractivity contribution in [1.82, 2.24) is 0 Å². The van der Waals surface area contributed by atoms with Crippen molar-refractivity contribution in [3.05, 3.63) is 58.1 Å². The van der Waals surface area contributed by atoms with Gasteiger partial charge in [-0.1, -0.05) is 15.9 Å². The van der Waals surface area contributed by atoms with Crippen LogP contribution >= 0.6 is 15.9 Å². The van der Waals surface area contributed by atoms with Gasteiger partial charge in [0.15, 0.2) is 11.6 Å². The molecule has 2 aromatic carbocycles. The quantitative estimate of drug-likeness (QED) is 0.771. The van der Waals surface area contributed by atoms with E-state index in [0.29, 0.717) is 15.8 Å². The molecule has 0 aliphatic heterocycles. The number of halogens is 3. The molecule has 0 radical (unpaired) electrons. The monoisotopic (exact) mass is 309 g/mol. The Kier molecular flexibility index (Phi) is 3.58. The number of hydrogen-bond acceptors (Lipinski definition) is 2. The van der Waals surface area contributed by atoms with Crippen LogP contribution in [0, 0.1) is 23.0 Å². The minimum atomic E-state index is -1.05. The van der Waals surface area contributed by atoms with Gasteiger partial charge in [0.05, 0.1) is 11.6 Å². The highest BCUT2D eigenvalue weighted by atomic mass is 79.9. The average Bonchev–Trinajstić information content (AvgIpc) is 2.36. The van der Waals surface area contributed by atoms with E-state index in [4.69, 9.17) is 10.00 Å². The Morgan fingerprint density at radius 2 is 1.78 bits per heavy atom. The van der Waals surface area contributed by atoms with Crippen molar-refractivity contribution >= 4 is 15.9 Å². The smallest absolute Gasteiger partial charge is 0.201 e. The predicted molar refractivity (Wildman–Crippen MR) is 65.3 cm³/mol. The van der Waals surface area contributed by atoms with Crippen LogP contribution in [0.15, 0.2) is 40.9 Å². The number of hydrogen-bond donors (Lipinski definition) is 0. The minimum absolute atomic E-state index is 0.216. The van der Waals surface area contributed by atoms with E-state index in [-0.39, 0.29) is 5.75 Å². The summed E-state index contributed by atoms with van der Waals surface area (Å²) in [4.78, 5) is 0. The Balaban J connectivity index is 2.31. The molecular formula is C13H6BrF2NO. The highest BCUT2D eigenvalue weighted by molar-refractivity contribution is 9.10. The molecule has 5 heteroatoms. The van der Waals surface area contributed by atoms with Crippen molar-refractivity contribution < 1.29 is 13.5 Å². The fourth-order valence-corrected chi connectivity index (χ4v) is 1.74. The lowest BCUT2D eigenvalue weighted by Crippen LogP contribution is -1.92. The van der Waals surface area contributed by atoms with Crippen LogP contribution in [0.2, 0.25) is 0 Å². The lowest BCUT2D eigenvalue weighted by atomic mass is 10.2. The van der Waals surface area contributed by atoms with Gasteiger partial charge in [0.2, 0.25) is 5.82 Å². The van der Waals surface area contributed by atoms with E-state index in [1.165, 1.54) is 30.3 Å². The summed E-state index contributed by atoms with van der Waals surface area (Å²) >= 11 is 3.05. The molecular weight excluding hydrogens is 304 g/mol. The standard InChI is InChI=1S/C13H6BrF2NO/c14-9-5-11(15)13(16)12(6-9)18-10-3-1-8(7-17)2-4-10/h1-6H. The zero-order valence-corrected chi connectivity index (χ0v) is 10.5. The molecule has 0 fully saturated rings. The summed E-state index contributed by atoms with van der Waals surface area (Å²) in [6.45, 7) is 0. The van der Waals surface area contributed by atoms with Crippen molar-refractivity contribution in [3.8, 4) is 17.6 Å². The van der Waals surface area contributed by atoms with Crippen molar-refractivity contribution in [2.45, 2.75) is 0 Å². The first-order chi connectivity index (χ1) is 8.60. The molecule has 18 heavy (non-hydrogen) atoms. The summed E-state index contributed by atoms with van der Waals surface area (Å²) in [5, 5.41) is 8.63. The highest BCUT2D eigenvalue weighted by Gasteiger charge is 2.12. The molecule has 0 N–H and O–H groups in total. The van der Waals surface area contributed by atoms with E-state index in [1.54, 1.807) is 0 Å². The van der Waals surface area contributed by atoms with Gasteiger partial charge in [-0.2, -0.15) is 9.65 Å². The molecule has 2 aromatic rings. The van der Waals surface area contributed by atoms with Gasteiger partial charge in [-0.25, -0.2) is 4.39 Å². The van der Waals surface area contributed by atoms with Gasteiger partial charge in [0, 0.05) is 4.47 Å². The third-order valence-corrected chi connectivity index (χ3v) is 2.63. The SMILES string of the molecule is N#Cc1ccc(Oc2cc(Br)cc(F)c2F)cc1. The van der Waals surface area contributed by atoms with Gasteiger partial charge in [-0.15, -0.1) is 0 Å². The van der Waals surface area contributed by atoms with Crippen LogP contribution in [0.1, 0.15) is 5.56 Å². The van der Waals surface area contributed by atoms with Crippen LogP contribution < -0.4 is 4.74 Å². The van der Waals surface area contributed by atoms with Crippen LogP contribution in [-0.2, 0) is 0 Å². The number of ether oxygens (including phenoxy) is 1. The Hall–Kier alpha value is -1.93. The zero-order chi connectivity index (χ0) is 13.1. The van der Waals surface area contributed by atoms with E-state index in [9.17, 15) is 8.78 Å². The zero-order valence-electron chi connectivity index (χ0n) is 8.95. The van der Waals surface area contributed by atoms with E-state index in [2.05, 4.69) is 15.9 Å². The maximum absolute atomic E-state index is 13.4. The molecule has 0 saturated heterocycles. The fraction of sp³-hybridized carbons (Fsp3) is 0. The third kappa shape index (κ3) is 2.66. The molecule has 0 spiro atoms. The maximum Gasteiger partial charge on any atom is 0.201 e. The van der Waals surface area contributed by atoms with Crippen LogP contribution in [0.5, 0.6) is 11.5 Å². The topological polar surface area (TPSA) is 33.0 Å². The first-order valence-corrected chi connectivity index (χ1v) is 5.72. The molecule has 0 heterocycles. The molecule has 0 aromatic heterocycles. The second kappa shape index (κ2) is 5.15. The Morgan fingerprint density at radius 3 is 2.39 bits per heavy atom. The maximum atomic E-state index is 13.4. The minimum Gasteiger partial charge on any atom is -0.454 e. The summed E-state index contributed by atoms with van der Waals surface area (Å²) in [6.07, 6.45) is 0. The van der Waals surface area contributed by atoms with Crippen molar-refractivity contribution in [3.63, 3.8) is 0 Å². The molecule has 0 aliphatic carbocycles. The van der Waals surface area contributed by atoms with Gasteiger partial charge in [0.25, 0.3) is 0 Å². The number of benzene rings is 2. The molecule has 2 nitrogen and oxygen atoms in total. The predicted octanol–water partition coefficient (Wildman–Crippen LogP) is 4.39. The van der Waals surface area contributed by atoms with Crippen LogP contribution in [0.4, 0.5) is 8.78 Å². The molecule has 0 aliphatic rings. The largest absolute Gasteiger partial charge is 0.454 e. The van der Waals surface area contributed by atoms with Crippen molar-refractivity contribution in [2.24, 2.45) is 0 Å². The molecule has 0 saturated carbocycles. The molecule has 0 atom stereocenters. The number of rotatable bonds is 2. The van der Waals surface area contributed by atoms with Crippen molar-refractivity contribution in [2.75, 3.05) is 0 Å². The van der Waals surface area contributed by atoms with Gasteiger partial charge >= 0.3 is 0 Å². The summed E-state index contributed by atoms with van der Waals surface area (Å²) in [5.74, 6) is -1.94. The lowest BCUT2D eigenvalue weighted by Gasteiger charge is -2.07. The van der Waals surface area contributed by atoms with Gasteiger partial charge in [-0.05, 0) is 36.4 Å². The second-order valence-electron chi connectivity index (χ2n) is 3.44. The molecule has 0 amide bonds. The summed E-state index contributed by atoms with van der Waals surface area (Å²) < 4.78 is 32.2. The highest BCUT2D eigenvalue weighted by Crippen LogP contribution is 2.29. The van der Waals surface area contributed by atoms with Crippen LogP contribution in [0.25, 0.3) is 0 Å². The first kappa shape index (κ1) is 12.5. The average molecular weight is 310 g/mol. The van der Waals surface area contributed by atoms with E-state index in [0.717, 1.165) is 6.07 Å².